The van der Waals surface area contributed by atoms with Gasteiger partial charge in [-0.05, 0) is 38.3 Å². The molecular formula is C9H18ClNO. The second-order valence-electron chi connectivity index (χ2n) is 3.53. The third-order valence-corrected chi connectivity index (χ3v) is 2.74. The smallest absolute Gasteiger partial charge is 0.0471 e. The molecule has 0 radical (unpaired) electrons. The predicted octanol–water partition coefficient (Wildman–Crippen LogP) is 1.32. The number of aliphatic hydroxyl groups is 1. The normalized spacial score (nSPS) is 26.0. The van der Waals surface area contributed by atoms with Crippen LogP contribution >= 0.6 is 11.6 Å². The molecule has 12 heavy (non-hydrogen) atoms. The lowest BCUT2D eigenvalue weighted by Gasteiger charge is -2.31. The van der Waals surface area contributed by atoms with Crippen molar-refractivity contribution >= 4 is 11.6 Å². The zero-order chi connectivity index (χ0) is 8.81. The zero-order valence-electron chi connectivity index (χ0n) is 7.51. The Hall–Kier alpha value is 0.210. The Morgan fingerprint density at radius 2 is 2.33 bits per heavy atom. The first-order valence-electron chi connectivity index (χ1n) is 4.76. The van der Waals surface area contributed by atoms with Crippen molar-refractivity contribution in [3.63, 3.8) is 0 Å². The summed E-state index contributed by atoms with van der Waals surface area (Å²) in [7, 11) is 0. The number of likely N-dealkylation sites (tertiary alicyclic amines) is 1. The maximum absolute atomic E-state index is 8.98. The van der Waals surface area contributed by atoms with E-state index in [2.05, 4.69) is 4.90 Å². The molecule has 1 N–H and O–H groups in total. The molecule has 3 heteroatoms. The summed E-state index contributed by atoms with van der Waals surface area (Å²) in [4.78, 5) is 2.41. The van der Waals surface area contributed by atoms with E-state index < -0.39 is 0 Å². The molecular weight excluding hydrogens is 174 g/mol. The van der Waals surface area contributed by atoms with E-state index in [4.69, 9.17) is 16.7 Å². The van der Waals surface area contributed by atoms with Crippen LogP contribution in [0, 0.1) is 5.92 Å². The Morgan fingerprint density at radius 3 is 3.00 bits per heavy atom. The van der Waals surface area contributed by atoms with Crippen LogP contribution in [0.2, 0.25) is 0 Å². The number of piperidine rings is 1. The van der Waals surface area contributed by atoms with Gasteiger partial charge in [-0.25, -0.2) is 0 Å². The fourth-order valence-electron chi connectivity index (χ4n) is 1.79. The number of nitrogens with zero attached hydrogens (tertiary/aromatic N) is 1. The SMILES string of the molecule is OC[C@@H]1CCCN(CCCCl)C1. The molecule has 0 aromatic rings. The highest BCUT2D eigenvalue weighted by molar-refractivity contribution is 6.17. The van der Waals surface area contributed by atoms with E-state index in [1.165, 1.54) is 19.4 Å². The van der Waals surface area contributed by atoms with Gasteiger partial charge in [0.15, 0.2) is 0 Å². The lowest BCUT2D eigenvalue weighted by molar-refractivity contribution is 0.121. The van der Waals surface area contributed by atoms with Gasteiger partial charge in [0.2, 0.25) is 0 Å². The van der Waals surface area contributed by atoms with Crippen LogP contribution in [-0.2, 0) is 0 Å². The van der Waals surface area contributed by atoms with Gasteiger partial charge in [0.1, 0.15) is 0 Å². The van der Waals surface area contributed by atoms with Gasteiger partial charge < -0.3 is 10.0 Å². The Morgan fingerprint density at radius 1 is 1.50 bits per heavy atom. The number of rotatable bonds is 4. The highest BCUT2D eigenvalue weighted by atomic mass is 35.5. The van der Waals surface area contributed by atoms with Crippen molar-refractivity contribution in [3.8, 4) is 0 Å². The van der Waals surface area contributed by atoms with Crippen molar-refractivity contribution in [2.24, 2.45) is 5.92 Å². The van der Waals surface area contributed by atoms with E-state index in [1.54, 1.807) is 0 Å². The molecule has 0 unspecified atom stereocenters. The van der Waals surface area contributed by atoms with Crippen LogP contribution in [0.15, 0.2) is 0 Å². The monoisotopic (exact) mass is 191 g/mol. The molecule has 1 aliphatic rings. The first-order chi connectivity index (χ1) is 5.86. The van der Waals surface area contributed by atoms with Crippen molar-refractivity contribution in [3.05, 3.63) is 0 Å². The number of aliphatic hydroxyl groups excluding tert-OH is 1. The topological polar surface area (TPSA) is 23.5 Å². The standard InChI is InChI=1S/C9H18ClNO/c10-4-2-6-11-5-1-3-9(7-11)8-12/h9,12H,1-8H2/t9-/m1/s1. The highest BCUT2D eigenvalue weighted by Crippen LogP contribution is 2.15. The maximum Gasteiger partial charge on any atom is 0.0471 e. The van der Waals surface area contributed by atoms with Crippen molar-refractivity contribution in [2.45, 2.75) is 19.3 Å². The minimum atomic E-state index is 0.345. The number of alkyl halides is 1. The average Bonchev–Trinajstić information content (AvgIpc) is 2.15. The Labute approximate surface area is 79.5 Å². The average molecular weight is 192 g/mol. The van der Waals surface area contributed by atoms with Crippen molar-refractivity contribution in [1.82, 2.24) is 4.90 Å². The molecule has 0 saturated carbocycles. The summed E-state index contributed by atoms with van der Waals surface area (Å²) in [6.45, 7) is 3.69. The van der Waals surface area contributed by atoms with Crippen LogP contribution in [0.3, 0.4) is 0 Å². The number of hydrogen-bond acceptors (Lipinski definition) is 2. The van der Waals surface area contributed by atoms with Crippen LogP contribution in [0.1, 0.15) is 19.3 Å². The molecule has 1 fully saturated rings. The summed E-state index contributed by atoms with van der Waals surface area (Å²) in [5.74, 6) is 1.26. The fourth-order valence-corrected chi connectivity index (χ4v) is 1.91. The molecule has 72 valence electrons. The molecule has 1 heterocycles. The van der Waals surface area contributed by atoms with Gasteiger partial charge in [-0.2, -0.15) is 0 Å². The van der Waals surface area contributed by atoms with Crippen LogP contribution in [0.25, 0.3) is 0 Å². The summed E-state index contributed by atoms with van der Waals surface area (Å²) >= 11 is 5.61. The van der Waals surface area contributed by atoms with Crippen molar-refractivity contribution < 1.29 is 5.11 Å². The lowest BCUT2D eigenvalue weighted by Crippen LogP contribution is -2.37. The minimum Gasteiger partial charge on any atom is -0.396 e. The Bertz CT molecular complexity index is 121. The largest absolute Gasteiger partial charge is 0.396 e. The Kier molecular flexibility index (Phi) is 4.96. The first-order valence-corrected chi connectivity index (χ1v) is 5.29. The van der Waals surface area contributed by atoms with E-state index in [-0.39, 0.29) is 0 Å². The van der Waals surface area contributed by atoms with Gasteiger partial charge in [0.25, 0.3) is 0 Å². The minimum absolute atomic E-state index is 0.345. The second kappa shape index (κ2) is 5.79. The summed E-state index contributed by atoms with van der Waals surface area (Å²) in [6.07, 6.45) is 3.49. The van der Waals surface area contributed by atoms with Gasteiger partial charge in [-0.1, -0.05) is 0 Å². The highest BCUT2D eigenvalue weighted by Gasteiger charge is 2.17. The predicted molar refractivity (Wildman–Crippen MR) is 51.6 cm³/mol. The van der Waals surface area contributed by atoms with E-state index in [0.29, 0.717) is 12.5 Å². The van der Waals surface area contributed by atoms with E-state index >= 15 is 0 Å². The molecule has 1 rings (SSSR count). The fraction of sp³-hybridized carbons (Fsp3) is 1.00. The van der Waals surface area contributed by atoms with Crippen LogP contribution in [-0.4, -0.2) is 42.1 Å². The second-order valence-corrected chi connectivity index (χ2v) is 3.91. The van der Waals surface area contributed by atoms with Gasteiger partial charge in [-0.15, -0.1) is 11.6 Å². The molecule has 2 nitrogen and oxygen atoms in total. The molecule has 1 aliphatic heterocycles. The molecule has 0 aromatic carbocycles. The summed E-state index contributed by atoms with van der Waals surface area (Å²) in [5.41, 5.74) is 0. The van der Waals surface area contributed by atoms with Gasteiger partial charge >= 0.3 is 0 Å². The molecule has 0 amide bonds. The van der Waals surface area contributed by atoms with E-state index in [1.807, 2.05) is 0 Å². The Balaban J connectivity index is 2.16. The zero-order valence-corrected chi connectivity index (χ0v) is 8.26. The molecule has 0 aliphatic carbocycles. The summed E-state index contributed by atoms with van der Waals surface area (Å²) in [6, 6.07) is 0. The number of halogens is 1. The first kappa shape index (κ1) is 10.3. The van der Waals surface area contributed by atoms with Crippen LogP contribution in [0.5, 0.6) is 0 Å². The molecule has 0 bridgehead atoms. The van der Waals surface area contributed by atoms with Crippen molar-refractivity contribution in [1.29, 1.82) is 0 Å². The van der Waals surface area contributed by atoms with Crippen LogP contribution < -0.4 is 0 Å². The summed E-state index contributed by atoms with van der Waals surface area (Å²) in [5, 5.41) is 8.98. The molecule has 0 aromatic heterocycles. The van der Waals surface area contributed by atoms with Crippen molar-refractivity contribution in [2.75, 3.05) is 32.1 Å². The third kappa shape index (κ3) is 3.30. The molecule has 0 spiro atoms. The van der Waals surface area contributed by atoms with Gasteiger partial charge in [0, 0.05) is 19.0 Å². The quantitative estimate of drug-likeness (QED) is 0.678. The molecule has 1 saturated heterocycles. The third-order valence-electron chi connectivity index (χ3n) is 2.47. The van der Waals surface area contributed by atoms with Gasteiger partial charge in [-0.3, -0.25) is 0 Å². The molecule has 1 atom stereocenters. The van der Waals surface area contributed by atoms with Gasteiger partial charge in [0.05, 0.1) is 0 Å². The lowest BCUT2D eigenvalue weighted by atomic mass is 9.99. The maximum atomic E-state index is 8.98. The number of hydrogen-bond donors (Lipinski definition) is 1. The summed E-state index contributed by atoms with van der Waals surface area (Å²) < 4.78 is 0. The van der Waals surface area contributed by atoms with Crippen LogP contribution in [0.4, 0.5) is 0 Å². The van der Waals surface area contributed by atoms with E-state index in [9.17, 15) is 0 Å². The van der Waals surface area contributed by atoms with E-state index in [0.717, 1.165) is 25.4 Å².